The minimum absolute atomic E-state index is 0.0122. The Morgan fingerprint density at radius 3 is 2.80 bits per heavy atom. The number of benzene rings is 2. The van der Waals surface area contributed by atoms with Crippen molar-refractivity contribution in [3.8, 4) is 11.5 Å². The molecule has 2 bridgehead atoms. The molecule has 0 unspecified atom stereocenters. The van der Waals surface area contributed by atoms with Crippen LogP contribution < -0.4 is 9.47 Å². The third-order valence-electron chi connectivity index (χ3n) is 7.40. The molecule has 2 heterocycles. The van der Waals surface area contributed by atoms with Gasteiger partial charge in [-0.3, -0.25) is 4.79 Å². The predicted molar refractivity (Wildman–Crippen MR) is 123 cm³/mol. The third-order valence-corrected chi connectivity index (χ3v) is 7.71. The van der Waals surface area contributed by atoms with Crippen LogP contribution in [0.15, 0.2) is 40.8 Å². The number of hydrogen-bond donors (Lipinski definition) is 1. The third kappa shape index (κ3) is 3.89. The van der Waals surface area contributed by atoms with Crippen LogP contribution in [0.3, 0.4) is 0 Å². The number of hydrogen-bond acceptors (Lipinski definition) is 7. The van der Waals surface area contributed by atoms with Crippen molar-refractivity contribution in [2.45, 2.75) is 56.7 Å². The molecule has 0 spiro atoms. The Bertz CT molecular complexity index is 1310. The van der Waals surface area contributed by atoms with Crippen LogP contribution >= 0.6 is 11.6 Å². The largest absolute Gasteiger partial charge is 0.486 e. The predicted octanol–water partition coefficient (Wildman–Crippen LogP) is 5.19. The molecule has 3 aromatic rings. The molecule has 182 valence electrons. The molecule has 7 nitrogen and oxygen atoms in total. The van der Waals surface area contributed by atoms with E-state index in [4.69, 9.17) is 25.5 Å². The number of aryl methyl sites for hydroxylation is 1. The molecule has 3 fully saturated rings. The number of halogens is 2. The summed E-state index contributed by atoms with van der Waals surface area (Å²) in [6.07, 6.45) is 2.01. The first-order valence-corrected chi connectivity index (χ1v) is 12.0. The lowest BCUT2D eigenvalue weighted by atomic mass is 9.34. The van der Waals surface area contributed by atoms with Crippen LogP contribution in [-0.4, -0.2) is 27.7 Å². The number of carbonyl (C=O) groups excluding carboxylic acids is 1. The van der Waals surface area contributed by atoms with Gasteiger partial charge in [-0.1, -0.05) is 23.2 Å². The molecular formula is C26H24ClFN2O5. The first kappa shape index (κ1) is 22.5. The smallest absolute Gasteiger partial charge is 0.257 e. The van der Waals surface area contributed by atoms with E-state index in [1.807, 2.05) is 25.1 Å². The van der Waals surface area contributed by atoms with E-state index in [1.165, 1.54) is 18.2 Å². The number of Topliss-reactive ketones (excluding diaryl/α,β-unsaturated/α-hetero) is 1. The molecule has 1 aliphatic heterocycles. The maximum atomic E-state index is 13.5. The van der Waals surface area contributed by atoms with Crippen LogP contribution in [0, 0.1) is 18.2 Å². The van der Waals surface area contributed by atoms with Gasteiger partial charge in [-0.05, 0) is 55.9 Å². The SMILES string of the molecule is Cc1ccc2c(c1)[C@@H](O)C[C@@H](c1nnc(C34CC(CC(=O)COc5ccc(Cl)c(F)c5)(C3)C4)o1)O2. The van der Waals surface area contributed by atoms with E-state index in [0.29, 0.717) is 30.4 Å². The van der Waals surface area contributed by atoms with Gasteiger partial charge >= 0.3 is 0 Å². The highest BCUT2D eigenvalue weighted by molar-refractivity contribution is 6.30. The van der Waals surface area contributed by atoms with Crippen LogP contribution in [0.1, 0.15) is 67.2 Å². The van der Waals surface area contributed by atoms with Crippen molar-refractivity contribution in [3.63, 3.8) is 0 Å². The highest BCUT2D eigenvalue weighted by Gasteiger charge is 2.71. The highest BCUT2D eigenvalue weighted by Crippen LogP contribution is 2.74. The molecule has 9 heteroatoms. The fraction of sp³-hybridized carbons (Fsp3) is 0.423. The maximum Gasteiger partial charge on any atom is 0.257 e. The number of aromatic nitrogens is 2. The summed E-state index contributed by atoms with van der Waals surface area (Å²) in [4.78, 5) is 12.5. The standard InChI is InChI=1S/C26H24ClFN2O5/c1-14-2-5-21-17(6-14)20(32)8-22(34-21)23-29-30-24(35-23)26-11-25(12-26,13-26)9-15(31)10-33-16-3-4-18(27)19(28)7-16/h2-7,20,22,32H,8-13H2,1H3/t20-,22-,25?,26?/m0/s1. The summed E-state index contributed by atoms with van der Waals surface area (Å²) >= 11 is 5.67. The summed E-state index contributed by atoms with van der Waals surface area (Å²) < 4.78 is 31.0. The molecule has 0 amide bonds. The Balaban J connectivity index is 1.05. The number of fused-ring (bicyclic) bond motifs is 1. The van der Waals surface area contributed by atoms with Gasteiger partial charge < -0.3 is 19.0 Å². The van der Waals surface area contributed by atoms with Gasteiger partial charge in [0.15, 0.2) is 11.9 Å². The van der Waals surface area contributed by atoms with Crippen LogP contribution in [0.25, 0.3) is 0 Å². The zero-order chi connectivity index (χ0) is 24.4. The first-order chi connectivity index (χ1) is 16.7. The Labute approximate surface area is 206 Å². The van der Waals surface area contributed by atoms with Gasteiger partial charge in [-0.15, -0.1) is 10.2 Å². The van der Waals surface area contributed by atoms with Crippen LogP contribution in [0.4, 0.5) is 4.39 Å². The minimum Gasteiger partial charge on any atom is -0.486 e. The van der Waals surface area contributed by atoms with E-state index in [2.05, 4.69) is 10.2 Å². The summed E-state index contributed by atoms with van der Waals surface area (Å²) in [5.41, 5.74) is 1.59. The summed E-state index contributed by atoms with van der Waals surface area (Å²) in [5, 5.41) is 19.1. The minimum atomic E-state index is -0.658. The molecule has 7 rings (SSSR count). The van der Waals surface area contributed by atoms with Crippen LogP contribution in [-0.2, 0) is 10.2 Å². The lowest BCUT2D eigenvalue weighted by Gasteiger charge is -2.68. The number of aliphatic hydroxyl groups excluding tert-OH is 1. The highest BCUT2D eigenvalue weighted by atomic mass is 35.5. The molecule has 3 saturated carbocycles. The summed E-state index contributed by atoms with van der Waals surface area (Å²) in [5.74, 6) is 1.24. The van der Waals surface area contributed by atoms with Crippen molar-refractivity contribution in [3.05, 3.63) is 70.1 Å². The Kier molecular flexibility index (Phi) is 5.16. The van der Waals surface area contributed by atoms with Crippen molar-refractivity contribution in [1.29, 1.82) is 0 Å². The average Bonchev–Trinajstić information content (AvgIpc) is 3.26. The van der Waals surface area contributed by atoms with Crippen molar-refractivity contribution >= 4 is 17.4 Å². The molecule has 2 atom stereocenters. The molecule has 1 aromatic heterocycles. The molecule has 3 aliphatic carbocycles. The van der Waals surface area contributed by atoms with Crippen molar-refractivity contribution in [2.24, 2.45) is 5.41 Å². The molecule has 0 saturated heterocycles. The monoisotopic (exact) mass is 498 g/mol. The van der Waals surface area contributed by atoms with Crippen molar-refractivity contribution in [2.75, 3.05) is 6.61 Å². The zero-order valence-electron chi connectivity index (χ0n) is 19.1. The number of nitrogens with zero attached hydrogens (tertiary/aromatic N) is 2. The van der Waals surface area contributed by atoms with E-state index in [-0.39, 0.29) is 34.0 Å². The van der Waals surface area contributed by atoms with Gasteiger partial charge in [0, 0.05) is 24.5 Å². The first-order valence-electron chi connectivity index (χ1n) is 11.6. The average molecular weight is 499 g/mol. The summed E-state index contributed by atoms with van der Waals surface area (Å²) in [6.45, 7) is 1.87. The number of carbonyl (C=O) groups is 1. The van der Waals surface area contributed by atoms with Gasteiger partial charge in [0.2, 0.25) is 5.89 Å². The van der Waals surface area contributed by atoms with E-state index in [0.717, 1.165) is 30.4 Å². The number of ether oxygens (including phenoxy) is 2. The molecule has 4 aliphatic rings. The van der Waals surface area contributed by atoms with Crippen LogP contribution in [0.2, 0.25) is 5.02 Å². The van der Waals surface area contributed by atoms with Gasteiger partial charge in [0.25, 0.3) is 5.89 Å². The quantitative estimate of drug-likeness (QED) is 0.479. The van der Waals surface area contributed by atoms with Gasteiger partial charge in [-0.25, -0.2) is 4.39 Å². The molecular weight excluding hydrogens is 475 g/mol. The Morgan fingerprint density at radius 2 is 2.03 bits per heavy atom. The molecule has 35 heavy (non-hydrogen) atoms. The van der Waals surface area contributed by atoms with Crippen molar-refractivity contribution in [1.82, 2.24) is 10.2 Å². The molecule has 0 radical (unpaired) electrons. The zero-order valence-corrected chi connectivity index (χ0v) is 19.8. The number of rotatable bonds is 7. The molecule has 2 aromatic carbocycles. The Hall–Kier alpha value is -2.97. The second kappa shape index (κ2) is 8.03. The van der Waals surface area contributed by atoms with Crippen LogP contribution in [0.5, 0.6) is 11.5 Å². The van der Waals surface area contributed by atoms with Gasteiger partial charge in [0.1, 0.15) is 23.9 Å². The second-order valence-electron chi connectivity index (χ2n) is 10.2. The van der Waals surface area contributed by atoms with Gasteiger partial charge in [0.05, 0.1) is 16.5 Å². The topological polar surface area (TPSA) is 94.7 Å². The fourth-order valence-corrected chi connectivity index (χ4v) is 6.03. The second-order valence-corrected chi connectivity index (χ2v) is 10.6. The summed E-state index contributed by atoms with van der Waals surface area (Å²) in [6, 6.07) is 9.83. The van der Waals surface area contributed by atoms with Gasteiger partial charge in [-0.2, -0.15) is 0 Å². The lowest BCUT2D eigenvalue weighted by Crippen LogP contribution is -2.65. The Morgan fingerprint density at radius 1 is 1.23 bits per heavy atom. The number of aliphatic hydroxyl groups is 1. The lowest BCUT2D eigenvalue weighted by molar-refractivity contribution is -0.168. The maximum absolute atomic E-state index is 13.5. The van der Waals surface area contributed by atoms with E-state index in [1.54, 1.807) is 0 Å². The van der Waals surface area contributed by atoms with E-state index >= 15 is 0 Å². The van der Waals surface area contributed by atoms with E-state index in [9.17, 15) is 14.3 Å². The fourth-order valence-electron chi connectivity index (χ4n) is 5.91. The molecule has 1 N–H and O–H groups in total. The normalized spacial score (nSPS) is 28.3. The van der Waals surface area contributed by atoms with E-state index < -0.39 is 18.0 Å². The summed E-state index contributed by atoms with van der Waals surface area (Å²) in [7, 11) is 0. The van der Waals surface area contributed by atoms with Crippen molar-refractivity contribution < 1.29 is 28.2 Å². The number of ketones is 1.